The first-order valence-electron chi connectivity index (χ1n) is 7.62. The molecule has 2 heterocycles. The van der Waals surface area contributed by atoms with Crippen LogP contribution in [0, 0.1) is 0 Å². The first kappa shape index (κ1) is 13.9. The molecule has 0 saturated heterocycles. The van der Waals surface area contributed by atoms with E-state index >= 15 is 0 Å². The minimum atomic E-state index is 0.306. The van der Waals surface area contributed by atoms with Crippen molar-refractivity contribution >= 4 is 0 Å². The SMILES string of the molecule is c1ccc(-c2ccc(CNCc3ccc4c(c3)OCO4)o2)cc1. The smallest absolute Gasteiger partial charge is 0.231 e. The molecule has 1 aliphatic rings. The van der Waals surface area contributed by atoms with Crippen molar-refractivity contribution in [3.63, 3.8) is 0 Å². The van der Waals surface area contributed by atoms with Crippen LogP contribution >= 0.6 is 0 Å². The molecule has 0 amide bonds. The molecule has 116 valence electrons. The van der Waals surface area contributed by atoms with E-state index in [1.165, 1.54) is 0 Å². The summed E-state index contributed by atoms with van der Waals surface area (Å²) in [5.74, 6) is 3.44. The molecule has 0 spiro atoms. The Balaban J connectivity index is 1.36. The summed E-state index contributed by atoms with van der Waals surface area (Å²) in [4.78, 5) is 0. The molecule has 1 aliphatic heterocycles. The van der Waals surface area contributed by atoms with E-state index in [1.54, 1.807) is 0 Å². The fourth-order valence-corrected chi connectivity index (χ4v) is 2.61. The van der Waals surface area contributed by atoms with Gasteiger partial charge in [0.2, 0.25) is 6.79 Å². The Labute approximate surface area is 134 Å². The molecule has 4 nitrogen and oxygen atoms in total. The molecule has 0 radical (unpaired) electrons. The van der Waals surface area contributed by atoms with E-state index in [2.05, 4.69) is 5.32 Å². The fourth-order valence-electron chi connectivity index (χ4n) is 2.61. The van der Waals surface area contributed by atoms with Crippen molar-refractivity contribution in [2.45, 2.75) is 13.1 Å². The van der Waals surface area contributed by atoms with Crippen molar-refractivity contribution in [2.24, 2.45) is 0 Å². The highest BCUT2D eigenvalue weighted by molar-refractivity contribution is 5.57. The molecule has 0 fully saturated rings. The zero-order chi connectivity index (χ0) is 15.5. The van der Waals surface area contributed by atoms with Crippen molar-refractivity contribution in [3.05, 3.63) is 72.0 Å². The van der Waals surface area contributed by atoms with Crippen LogP contribution in [0.15, 0.2) is 65.1 Å². The van der Waals surface area contributed by atoms with E-state index in [4.69, 9.17) is 13.9 Å². The van der Waals surface area contributed by atoms with Crippen LogP contribution in [0.25, 0.3) is 11.3 Å². The van der Waals surface area contributed by atoms with Crippen LogP contribution < -0.4 is 14.8 Å². The van der Waals surface area contributed by atoms with Gasteiger partial charge in [-0.25, -0.2) is 0 Å². The lowest BCUT2D eigenvalue weighted by Gasteiger charge is -2.04. The van der Waals surface area contributed by atoms with Crippen molar-refractivity contribution in [2.75, 3.05) is 6.79 Å². The normalized spacial score (nSPS) is 12.5. The van der Waals surface area contributed by atoms with Gasteiger partial charge in [0, 0.05) is 12.1 Å². The Bertz CT molecular complexity index is 795. The zero-order valence-electron chi connectivity index (χ0n) is 12.6. The summed E-state index contributed by atoms with van der Waals surface area (Å²) < 4.78 is 16.6. The highest BCUT2D eigenvalue weighted by atomic mass is 16.7. The lowest BCUT2D eigenvalue weighted by Crippen LogP contribution is -2.11. The minimum absolute atomic E-state index is 0.306. The Morgan fingerprint density at radius 2 is 1.70 bits per heavy atom. The second-order valence-electron chi connectivity index (χ2n) is 5.42. The van der Waals surface area contributed by atoms with Crippen molar-refractivity contribution in [3.8, 4) is 22.8 Å². The van der Waals surface area contributed by atoms with Crippen LogP contribution in [-0.2, 0) is 13.1 Å². The molecular formula is C19H17NO3. The van der Waals surface area contributed by atoms with Gasteiger partial charge in [-0.15, -0.1) is 0 Å². The van der Waals surface area contributed by atoms with Crippen molar-refractivity contribution in [1.82, 2.24) is 5.32 Å². The van der Waals surface area contributed by atoms with Crippen LogP contribution in [0.3, 0.4) is 0 Å². The molecular weight excluding hydrogens is 290 g/mol. The standard InChI is InChI=1S/C19H17NO3/c1-2-4-15(5-3-1)17-9-7-16(23-17)12-20-11-14-6-8-18-19(10-14)22-13-21-18/h1-10,20H,11-13H2. The van der Waals surface area contributed by atoms with Gasteiger partial charge in [-0.2, -0.15) is 0 Å². The van der Waals surface area contributed by atoms with Crippen molar-refractivity contribution < 1.29 is 13.9 Å². The summed E-state index contributed by atoms with van der Waals surface area (Å²) in [6, 6.07) is 20.1. The first-order valence-corrected chi connectivity index (χ1v) is 7.62. The second-order valence-corrected chi connectivity index (χ2v) is 5.42. The minimum Gasteiger partial charge on any atom is -0.460 e. The van der Waals surface area contributed by atoms with E-state index in [-0.39, 0.29) is 0 Å². The number of hydrogen-bond donors (Lipinski definition) is 1. The Morgan fingerprint density at radius 3 is 2.61 bits per heavy atom. The molecule has 23 heavy (non-hydrogen) atoms. The van der Waals surface area contributed by atoms with E-state index in [9.17, 15) is 0 Å². The number of ether oxygens (including phenoxy) is 2. The van der Waals surface area contributed by atoms with Gasteiger partial charge >= 0.3 is 0 Å². The third-order valence-corrected chi connectivity index (χ3v) is 3.79. The summed E-state index contributed by atoms with van der Waals surface area (Å²) >= 11 is 0. The highest BCUT2D eigenvalue weighted by Crippen LogP contribution is 2.32. The van der Waals surface area contributed by atoms with Crippen molar-refractivity contribution in [1.29, 1.82) is 0 Å². The van der Waals surface area contributed by atoms with E-state index < -0.39 is 0 Å². The average Bonchev–Trinajstić information content (AvgIpc) is 3.24. The maximum atomic E-state index is 5.87. The van der Waals surface area contributed by atoms with Crippen LogP contribution in [0.2, 0.25) is 0 Å². The second kappa shape index (κ2) is 6.18. The number of furan rings is 1. The van der Waals surface area contributed by atoms with Gasteiger partial charge in [0.25, 0.3) is 0 Å². The average molecular weight is 307 g/mol. The van der Waals surface area contributed by atoms with E-state index in [1.807, 2.05) is 60.7 Å². The van der Waals surface area contributed by atoms with Gasteiger partial charge in [-0.05, 0) is 29.8 Å². The summed E-state index contributed by atoms with van der Waals surface area (Å²) in [5, 5.41) is 3.38. The molecule has 0 bridgehead atoms. The predicted molar refractivity (Wildman–Crippen MR) is 87.3 cm³/mol. The van der Waals surface area contributed by atoms with Gasteiger partial charge in [0.1, 0.15) is 11.5 Å². The summed E-state index contributed by atoms with van der Waals surface area (Å²) in [5.41, 5.74) is 2.25. The molecule has 1 N–H and O–H groups in total. The van der Waals surface area contributed by atoms with Crippen LogP contribution in [0.1, 0.15) is 11.3 Å². The largest absolute Gasteiger partial charge is 0.460 e. The quantitative estimate of drug-likeness (QED) is 0.774. The lowest BCUT2D eigenvalue weighted by atomic mass is 10.2. The molecule has 0 atom stereocenters. The zero-order valence-corrected chi connectivity index (χ0v) is 12.6. The third kappa shape index (κ3) is 3.07. The van der Waals surface area contributed by atoms with Gasteiger partial charge in [0.05, 0.1) is 6.54 Å². The summed E-state index contributed by atoms with van der Waals surface area (Å²) in [6.07, 6.45) is 0. The first-order chi connectivity index (χ1) is 11.4. The van der Waals surface area contributed by atoms with Gasteiger partial charge < -0.3 is 19.2 Å². The molecule has 0 saturated carbocycles. The molecule has 0 unspecified atom stereocenters. The van der Waals surface area contributed by atoms with Crippen LogP contribution in [0.5, 0.6) is 11.5 Å². The van der Waals surface area contributed by atoms with Crippen LogP contribution in [0.4, 0.5) is 0 Å². The van der Waals surface area contributed by atoms with E-state index in [0.717, 1.165) is 40.7 Å². The maximum Gasteiger partial charge on any atom is 0.231 e. The Morgan fingerprint density at radius 1 is 0.826 bits per heavy atom. The monoisotopic (exact) mass is 307 g/mol. The van der Waals surface area contributed by atoms with Gasteiger partial charge in [-0.1, -0.05) is 36.4 Å². The van der Waals surface area contributed by atoms with Crippen LogP contribution in [-0.4, -0.2) is 6.79 Å². The number of rotatable bonds is 5. The molecule has 4 heteroatoms. The number of hydrogen-bond acceptors (Lipinski definition) is 4. The molecule has 0 aliphatic carbocycles. The predicted octanol–water partition coefficient (Wildman–Crippen LogP) is 3.97. The number of fused-ring (bicyclic) bond motifs is 1. The Hall–Kier alpha value is -2.72. The molecule has 1 aromatic heterocycles. The molecule has 2 aromatic carbocycles. The molecule has 4 rings (SSSR count). The maximum absolute atomic E-state index is 5.87. The lowest BCUT2D eigenvalue weighted by molar-refractivity contribution is 0.174. The fraction of sp³-hybridized carbons (Fsp3) is 0.158. The number of benzene rings is 2. The van der Waals surface area contributed by atoms with Gasteiger partial charge in [-0.3, -0.25) is 0 Å². The summed E-state index contributed by atoms with van der Waals surface area (Å²) in [6.45, 7) is 1.74. The molecule has 3 aromatic rings. The van der Waals surface area contributed by atoms with E-state index in [0.29, 0.717) is 13.3 Å². The summed E-state index contributed by atoms with van der Waals surface area (Å²) in [7, 11) is 0. The number of nitrogens with one attached hydrogen (secondary N) is 1. The highest BCUT2D eigenvalue weighted by Gasteiger charge is 2.13. The topological polar surface area (TPSA) is 43.6 Å². The Kier molecular flexibility index (Phi) is 3.74. The van der Waals surface area contributed by atoms with Gasteiger partial charge in [0.15, 0.2) is 11.5 Å². The third-order valence-electron chi connectivity index (χ3n) is 3.79.